The lowest BCUT2D eigenvalue weighted by molar-refractivity contribution is -0.0451. The Morgan fingerprint density at radius 3 is 2.41 bits per heavy atom. The fourth-order valence-electron chi connectivity index (χ4n) is 2.07. The smallest absolute Gasteiger partial charge is 0.174 e. The largest absolute Gasteiger partial charge is 0.488 e. The molecule has 1 aliphatic rings. The molecule has 2 rings (SSSR count). The third kappa shape index (κ3) is 2.14. The van der Waals surface area contributed by atoms with Crippen molar-refractivity contribution in [1.82, 2.24) is 0 Å². The van der Waals surface area contributed by atoms with Gasteiger partial charge in [0.2, 0.25) is 0 Å². The third-order valence-electron chi connectivity index (χ3n) is 3.06. The molecule has 0 heterocycles. The molecule has 94 valence electrons. The van der Waals surface area contributed by atoms with Gasteiger partial charge >= 0.3 is 0 Å². The van der Waals surface area contributed by atoms with Crippen molar-refractivity contribution in [3.63, 3.8) is 0 Å². The zero-order chi connectivity index (χ0) is 12.6. The molecular formula is C13H16F2O2. The van der Waals surface area contributed by atoms with E-state index in [9.17, 15) is 13.9 Å². The number of ether oxygens (including phenoxy) is 1. The van der Waals surface area contributed by atoms with Gasteiger partial charge in [-0.2, -0.15) is 0 Å². The Kier molecular flexibility index (Phi) is 3.08. The zero-order valence-corrected chi connectivity index (χ0v) is 9.96. The summed E-state index contributed by atoms with van der Waals surface area (Å²) >= 11 is 0. The van der Waals surface area contributed by atoms with E-state index in [0.29, 0.717) is 12.8 Å². The minimum absolute atomic E-state index is 0.00303. The normalized spacial score (nSPS) is 18.0. The van der Waals surface area contributed by atoms with Crippen LogP contribution in [0.5, 0.6) is 5.75 Å². The summed E-state index contributed by atoms with van der Waals surface area (Å²) in [6.45, 7) is 3.53. The van der Waals surface area contributed by atoms with Crippen LogP contribution >= 0.6 is 0 Å². The molecule has 1 N–H and O–H groups in total. The minimum Gasteiger partial charge on any atom is -0.488 e. The highest BCUT2D eigenvalue weighted by molar-refractivity contribution is 5.37. The molecule has 1 aromatic rings. The van der Waals surface area contributed by atoms with E-state index < -0.39 is 17.2 Å². The van der Waals surface area contributed by atoms with Gasteiger partial charge < -0.3 is 9.84 Å². The van der Waals surface area contributed by atoms with Crippen molar-refractivity contribution in [3.05, 3.63) is 29.3 Å². The first-order valence-electron chi connectivity index (χ1n) is 5.81. The van der Waals surface area contributed by atoms with Crippen LogP contribution < -0.4 is 4.74 Å². The van der Waals surface area contributed by atoms with Crippen LogP contribution in [0.25, 0.3) is 0 Å². The lowest BCUT2D eigenvalue weighted by atomic mass is 9.74. The van der Waals surface area contributed by atoms with Gasteiger partial charge in [-0.15, -0.1) is 0 Å². The van der Waals surface area contributed by atoms with E-state index in [0.717, 1.165) is 12.5 Å². The molecule has 1 aromatic carbocycles. The van der Waals surface area contributed by atoms with Crippen LogP contribution in [0.1, 0.15) is 38.7 Å². The van der Waals surface area contributed by atoms with Crippen molar-refractivity contribution in [1.29, 1.82) is 0 Å². The lowest BCUT2D eigenvalue weighted by Gasteiger charge is -2.37. The molecular weight excluding hydrogens is 226 g/mol. The van der Waals surface area contributed by atoms with E-state index in [1.54, 1.807) is 13.8 Å². The summed E-state index contributed by atoms with van der Waals surface area (Å²) in [4.78, 5) is 0. The second-order valence-electron chi connectivity index (χ2n) is 4.79. The van der Waals surface area contributed by atoms with Gasteiger partial charge in [0, 0.05) is 0 Å². The predicted octanol–water partition coefficient (Wildman–Crippen LogP) is 3.12. The number of hydrogen-bond acceptors (Lipinski definition) is 2. The average molecular weight is 242 g/mol. The molecule has 17 heavy (non-hydrogen) atoms. The maximum atomic E-state index is 14.1. The first kappa shape index (κ1) is 12.3. The maximum Gasteiger partial charge on any atom is 0.174 e. The summed E-state index contributed by atoms with van der Waals surface area (Å²) in [6.07, 6.45) is 1.38. The average Bonchev–Trinajstić information content (AvgIpc) is 2.19. The summed E-state index contributed by atoms with van der Waals surface area (Å²) < 4.78 is 33.0. The number of hydrogen-bond donors (Lipinski definition) is 1. The molecule has 1 saturated carbocycles. The van der Waals surface area contributed by atoms with Crippen molar-refractivity contribution in [3.8, 4) is 5.75 Å². The highest BCUT2D eigenvalue weighted by Gasteiger charge is 2.41. The first-order valence-corrected chi connectivity index (χ1v) is 5.81. The predicted molar refractivity (Wildman–Crippen MR) is 59.9 cm³/mol. The van der Waals surface area contributed by atoms with Crippen LogP contribution in [0.3, 0.4) is 0 Å². The molecule has 0 atom stereocenters. The molecule has 0 unspecified atom stereocenters. The highest BCUT2D eigenvalue weighted by Crippen LogP contribution is 2.44. The van der Waals surface area contributed by atoms with Gasteiger partial charge in [-0.05, 0) is 45.2 Å². The van der Waals surface area contributed by atoms with Crippen LogP contribution in [-0.4, -0.2) is 11.2 Å². The Bertz CT molecular complexity index is 426. The van der Waals surface area contributed by atoms with Crippen LogP contribution in [0, 0.1) is 11.6 Å². The maximum absolute atomic E-state index is 14.1. The molecule has 0 amide bonds. The molecule has 0 aliphatic heterocycles. The number of rotatable bonds is 3. The topological polar surface area (TPSA) is 29.5 Å². The Morgan fingerprint density at radius 1 is 1.29 bits per heavy atom. The summed E-state index contributed by atoms with van der Waals surface area (Å²) in [7, 11) is 0. The van der Waals surface area contributed by atoms with Crippen LogP contribution in [0.4, 0.5) is 8.78 Å². The fraction of sp³-hybridized carbons (Fsp3) is 0.538. The van der Waals surface area contributed by atoms with E-state index in [1.165, 1.54) is 6.07 Å². The zero-order valence-electron chi connectivity index (χ0n) is 9.96. The number of benzene rings is 1. The lowest BCUT2D eigenvalue weighted by Crippen LogP contribution is -2.36. The van der Waals surface area contributed by atoms with Gasteiger partial charge in [-0.1, -0.05) is 0 Å². The second kappa shape index (κ2) is 4.26. The van der Waals surface area contributed by atoms with Gasteiger partial charge in [0.05, 0.1) is 17.3 Å². The quantitative estimate of drug-likeness (QED) is 0.882. The Balaban J connectivity index is 2.43. The van der Waals surface area contributed by atoms with E-state index in [-0.39, 0.29) is 17.4 Å². The van der Waals surface area contributed by atoms with Crippen molar-refractivity contribution in [2.45, 2.75) is 44.8 Å². The third-order valence-corrected chi connectivity index (χ3v) is 3.06. The Labute approximate surface area is 99.2 Å². The van der Waals surface area contributed by atoms with Gasteiger partial charge in [0.1, 0.15) is 5.82 Å². The highest BCUT2D eigenvalue weighted by atomic mass is 19.1. The second-order valence-corrected chi connectivity index (χ2v) is 4.79. The summed E-state index contributed by atoms with van der Waals surface area (Å²) in [6, 6.07) is 2.41. The molecule has 0 radical (unpaired) electrons. The van der Waals surface area contributed by atoms with Gasteiger partial charge in [0.15, 0.2) is 11.6 Å². The first-order chi connectivity index (χ1) is 7.94. The van der Waals surface area contributed by atoms with E-state index in [2.05, 4.69) is 0 Å². The van der Waals surface area contributed by atoms with Crippen LogP contribution in [0.15, 0.2) is 12.1 Å². The van der Waals surface area contributed by atoms with E-state index in [1.807, 2.05) is 0 Å². The Morgan fingerprint density at radius 2 is 1.94 bits per heavy atom. The summed E-state index contributed by atoms with van der Waals surface area (Å²) in [5.41, 5.74) is -1.60. The minimum atomic E-state index is -1.36. The van der Waals surface area contributed by atoms with Crippen molar-refractivity contribution in [2.75, 3.05) is 0 Å². The molecule has 0 spiro atoms. The van der Waals surface area contributed by atoms with Crippen LogP contribution in [0.2, 0.25) is 0 Å². The molecule has 1 fully saturated rings. The molecule has 0 aromatic heterocycles. The summed E-state index contributed by atoms with van der Waals surface area (Å²) in [5, 5.41) is 10.1. The summed E-state index contributed by atoms with van der Waals surface area (Å²) in [5.74, 6) is -1.49. The van der Waals surface area contributed by atoms with Gasteiger partial charge in [0.25, 0.3) is 0 Å². The van der Waals surface area contributed by atoms with E-state index >= 15 is 0 Å². The molecule has 4 heteroatoms. The molecule has 2 nitrogen and oxygen atoms in total. The molecule has 0 bridgehead atoms. The molecule has 0 saturated heterocycles. The van der Waals surface area contributed by atoms with Crippen molar-refractivity contribution in [2.24, 2.45) is 0 Å². The van der Waals surface area contributed by atoms with E-state index in [4.69, 9.17) is 4.74 Å². The van der Waals surface area contributed by atoms with Crippen LogP contribution in [-0.2, 0) is 5.60 Å². The Hall–Kier alpha value is -1.16. The number of aliphatic hydroxyl groups is 1. The van der Waals surface area contributed by atoms with Gasteiger partial charge in [-0.25, -0.2) is 8.78 Å². The monoisotopic (exact) mass is 242 g/mol. The van der Waals surface area contributed by atoms with Gasteiger partial charge in [-0.3, -0.25) is 0 Å². The molecule has 1 aliphatic carbocycles. The standard InChI is InChI=1S/C13H16F2O2/c1-8(2)17-10-5-4-9(14)11(12(10)15)13(16)6-3-7-13/h4-5,8,16H,3,6-7H2,1-2H3. The fourth-order valence-corrected chi connectivity index (χ4v) is 2.07. The SMILES string of the molecule is CC(C)Oc1ccc(F)c(C2(O)CCC2)c1F. The van der Waals surface area contributed by atoms with Crippen molar-refractivity contribution < 1.29 is 18.6 Å². The van der Waals surface area contributed by atoms with Crippen molar-refractivity contribution >= 4 is 0 Å². The number of halogens is 2.